The van der Waals surface area contributed by atoms with Crippen LogP contribution in [0.15, 0.2) is 29.2 Å². The van der Waals surface area contributed by atoms with E-state index in [1.54, 1.807) is 12.1 Å². The van der Waals surface area contributed by atoms with Crippen molar-refractivity contribution in [3.8, 4) is 0 Å². The van der Waals surface area contributed by atoms with E-state index in [0.29, 0.717) is 0 Å². The van der Waals surface area contributed by atoms with E-state index < -0.39 is 15.3 Å². The molecule has 0 aliphatic rings. The smallest absolute Gasteiger partial charge is 0.207 e. The predicted octanol–water partition coefficient (Wildman–Crippen LogP) is 0.113. The van der Waals surface area contributed by atoms with Crippen LogP contribution in [-0.4, -0.2) is 57.1 Å². The molecule has 7 heteroatoms. The summed E-state index contributed by atoms with van der Waals surface area (Å²) in [6.45, 7) is 1.12. The first-order valence-corrected chi connectivity index (χ1v) is 7.78. The summed E-state index contributed by atoms with van der Waals surface area (Å²) in [6.07, 6.45) is 0. The molecule has 0 saturated heterocycles. The molecule has 0 saturated carbocycles. The fourth-order valence-electron chi connectivity index (χ4n) is 1.54. The summed E-state index contributed by atoms with van der Waals surface area (Å²) in [7, 11) is -3.71. The van der Waals surface area contributed by atoms with Gasteiger partial charge in [-0.05, 0) is 19.1 Å². The third-order valence-electron chi connectivity index (χ3n) is 2.58. The van der Waals surface area contributed by atoms with Gasteiger partial charge in [-0.15, -0.1) is 0 Å². The molecule has 0 aliphatic heterocycles. The molecular formula is C13H20O6S. The lowest BCUT2D eigenvalue weighted by molar-refractivity contribution is 0.00226. The van der Waals surface area contributed by atoms with Crippen molar-refractivity contribution in [3.05, 3.63) is 29.8 Å². The fraction of sp³-hybridized carbons (Fsp3) is 0.538. The van der Waals surface area contributed by atoms with Crippen LogP contribution in [0.2, 0.25) is 0 Å². The van der Waals surface area contributed by atoms with Gasteiger partial charge < -0.3 is 19.7 Å². The summed E-state index contributed by atoms with van der Waals surface area (Å²) in [4.78, 5) is 0.138. The number of aliphatic hydroxyl groups excluding tert-OH is 2. The summed E-state index contributed by atoms with van der Waals surface area (Å²) in [5, 5.41) is 17.4. The van der Waals surface area contributed by atoms with Crippen LogP contribution in [-0.2, 0) is 19.3 Å². The SMILES string of the molecule is Cc1ccc(S(=O)(=O)C(COCCO)OCCO)cc1. The summed E-state index contributed by atoms with van der Waals surface area (Å²) < 4.78 is 35.0. The molecule has 0 heterocycles. The van der Waals surface area contributed by atoms with Gasteiger partial charge in [0.2, 0.25) is 9.84 Å². The van der Waals surface area contributed by atoms with E-state index in [4.69, 9.17) is 19.7 Å². The highest BCUT2D eigenvalue weighted by atomic mass is 32.2. The maximum Gasteiger partial charge on any atom is 0.207 e. The highest BCUT2D eigenvalue weighted by molar-refractivity contribution is 7.92. The zero-order chi connectivity index (χ0) is 15.0. The van der Waals surface area contributed by atoms with Crippen molar-refractivity contribution in [2.45, 2.75) is 17.3 Å². The van der Waals surface area contributed by atoms with Crippen molar-refractivity contribution in [2.24, 2.45) is 0 Å². The van der Waals surface area contributed by atoms with Gasteiger partial charge in [0.25, 0.3) is 0 Å². The monoisotopic (exact) mass is 304 g/mol. The third kappa shape index (κ3) is 4.84. The van der Waals surface area contributed by atoms with E-state index in [-0.39, 0.29) is 37.9 Å². The molecule has 6 nitrogen and oxygen atoms in total. The molecule has 0 aromatic heterocycles. The van der Waals surface area contributed by atoms with E-state index in [0.717, 1.165) is 5.56 Å². The molecule has 0 spiro atoms. The quantitative estimate of drug-likeness (QED) is 0.629. The Balaban J connectivity index is 2.88. The van der Waals surface area contributed by atoms with Crippen LogP contribution in [0.25, 0.3) is 0 Å². The Labute approximate surface area is 118 Å². The summed E-state index contributed by atoms with van der Waals surface area (Å²) in [6, 6.07) is 6.41. The number of aliphatic hydroxyl groups is 2. The van der Waals surface area contributed by atoms with Gasteiger partial charge in [0.15, 0.2) is 5.44 Å². The van der Waals surface area contributed by atoms with Crippen LogP contribution in [0, 0.1) is 6.92 Å². The van der Waals surface area contributed by atoms with E-state index >= 15 is 0 Å². The molecule has 1 aromatic rings. The van der Waals surface area contributed by atoms with Crippen LogP contribution in [0.1, 0.15) is 5.56 Å². The molecule has 0 amide bonds. The van der Waals surface area contributed by atoms with Crippen LogP contribution in [0.5, 0.6) is 0 Å². The minimum absolute atomic E-state index is 0.0302. The molecule has 20 heavy (non-hydrogen) atoms. The average molecular weight is 304 g/mol. The Morgan fingerprint density at radius 1 is 1.10 bits per heavy atom. The minimum Gasteiger partial charge on any atom is -0.394 e. The van der Waals surface area contributed by atoms with Crippen molar-refractivity contribution >= 4 is 9.84 Å². The van der Waals surface area contributed by atoms with Gasteiger partial charge in [0.05, 0.1) is 37.9 Å². The first kappa shape index (κ1) is 17.1. The zero-order valence-corrected chi connectivity index (χ0v) is 12.2. The molecule has 114 valence electrons. The fourth-order valence-corrected chi connectivity index (χ4v) is 2.91. The van der Waals surface area contributed by atoms with Crippen molar-refractivity contribution < 1.29 is 28.1 Å². The lowest BCUT2D eigenvalue weighted by atomic mass is 10.2. The maximum absolute atomic E-state index is 12.4. The number of rotatable bonds is 9. The van der Waals surface area contributed by atoms with E-state index in [1.807, 2.05) is 6.92 Å². The first-order valence-electron chi connectivity index (χ1n) is 6.24. The Kier molecular flexibility index (Phi) is 7.11. The van der Waals surface area contributed by atoms with Gasteiger partial charge in [-0.3, -0.25) is 0 Å². The van der Waals surface area contributed by atoms with Crippen molar-refractivity contribution in [2.75, 3.05) is 33.0 Å². The lowest BCUT2D eigenvalue weighted by Gasteiger charge is -2.18. The Hall–Kier alpha value is -0.990. The molecule has 0 aliphatic carbocycles. The largest absolute Gasteiger partial charge is 0.394 e. The third-order valence-corrected chi connectivity index (χ3v) is 4.47. The first-order chi connectivity index (χ1) is 9.52. The summed E-state index contributed by atoms with van der Waals surface area (Å²) in [5.41, 5.74) is -0.253. The van der Waals surface area contributed by atoms with Gasteiger partial charge in [-0.2, -0.15) is 0 Å². The molecule has 0 bridgehead atoms. The number of benzene rings is 1. The highest BCUT2D eigenvalue weighted by Crippen LogP contribution is 2.18. The number of hydrogen-bond acceptors (Lipinski definition) is 6. The van der Waals surface area contributed by atoms with E-state index in [1.165, 1.54) is 12.1 Å². The predicted molar refractivity (Wildman–Crippen MR) is 73.1 cm³/mol. The lowest BCUT2D eigenvalue weighted by Crippen LogP contribution is -2.31. The molecular weight excluding hydrogens is 284 g/mol. The number of sulfone groups is 1. The molecule has 0 fully saturated rings. The van der Waals surface area contributed by atoms with Gasteiger partial charge in [0.1, 0.15) is 0 Å². The number of ether oxygens (including phenoxy) is 2. The number of aryl methyl sites for hydroxylation is 1. The average Bonchev–Trinajstić information content (AvgIpc) is 2.43. The topological polar surface area (TPSA) is 93.1 Å². The van der Waals surface area contributed by atoms with Crippen LogP contribution < -0.4 is 0 Å². The van der Waals surface area contributed by atoms with Gasteiger partial charge in [-0.1, -0.05) is 17.7 Å². The number of hydrogen-bond donors (Lipinski definition) is 2. The Morgan fingerprint density at radius 2 is 1.70 bits per heavy atom. The summed E-state index contributed by atoms with van der Waals surface area (Å²) >= 11 is 0. The molecule has 2 N–H and O–H groups in total. The van der Waals surface area contributed by atoms with Gasteiger partial charge in [-0.25, -0.2) is 8.42 Å². The Bertz CT molecular complexity index is 482. The standard InChI is InChI=1S/C13H20O6S/c1-11-2-4-12(5-3-11)20(16,17)13(19-9-7-15)10-18-8-6-14/h2-5,13-15H,6-10H2,1H3. The summed E-state index contributed by atoms with van der Waals surface area (Å²) in [5.74, 6) is 0. The molecule has 1 rings (SSSR count). The van der Waals surface area contributed by atoms with Crippen LogP contribution >= 0.6 is 0 Å². The second-order valence-corrected chi connectivity index (χ2v) is 6.27. The van der Waals surface area contributed by atoms with E-state index in [2.05, 4.69) is 0 Å². The highest BCUT2D eigenvalue weighted by Gasteiger charge is 2.28. The van der Waals surface area contributed by atoms with Gasteiger partial charge >= 0.3 is 0 Å². The molecule has 0 radical (unpaired) electrons. The second kappa shape index (κ2) is 8.33. The van der Waals surface area contributed by atoms with Crippen molar-refractivity contribution in [1.29, 1.82) is 0 Å². The molecule has 1 unspecified atom stereocenters. The van der Waals surface area contributed by atoms with E-state index in [9.17, 15) is 8.42 Å². The van der Waals surface area contributed by atoms with Gasteiger partial charge in [0, 0.05) is 0 Å². The molecule has 1 aromatic carbocycles. The Morgan fingerprint density at radius 3 is 2.25 bits per heavy atom. The van der Waals surface area contributed by atoms with Crippen LogP contribution in [0.3, 0.4) is 0 Å². The minimum atomic E-state index is -3.71. The normalized spacial score (nSPS) is 13.3. The maximum atomic E-state index is 12.4. The zero-order valence-electron chi connectivity index (χ0n) is 11.4. The van der Waals surface area contributed by atoms with Crippen molar-refractivity contribution in [3.63, 3.8) is 0 Å². The van der Waals surface area contributed by atoms with Crippen LogP contribution in [0.4, 0.5) is 0 Å². The molecule has 1 atom stereocenters. The van der Waals surface area contributed by atoms with Crippen molar-refractivity contribution in [1.82, 2.24) is 0 Å². The second-order valence-electron chi connectivity index (χ2n) is 4.18.